The van der Waals surface area contributed by atoms with Crippen molar-refractivity contribution in [2.75, 3.05) is 39.7 Å². The van der Waals surface area contributed by atoms with Crippen LogP contribution < -0.4 is 24.3 Å². The van der Waals surface area contributed by atoms with Gasteiger partial charge in [-0.25, -0.2) is 4.79 Å². The molecule has 0 unspecified atom stereocenters. The molecule has 1 aliphatic heterocycles. The van der Waals surface area contributed by atoms with E-state index in [9.17, 15) is 4.79 Å². The van der Waals surface area contributed by atoms with Crippen molar-refractivity contribution in [1.82, 2.24) is 9.88 Å². The highest BCUT2D eigenvalue weighted by atomic mass is 16.5. The molecule has 0 saturated carbocycles. The number of hydrogen-bond donors (Lipinski definition) is 1. The number of nitrogens with one attached hydrogen (secondary N) is 1. The minimum absolute atomic E-state index is 0.0738. The first-order chi connectivity index (χ1) is 14.0. The quantitative estimate of drug-likeness (QED) is 0.798. The molecule has 1 fully saturated rings. The van der Waals surface area contributed by atoms with Gasteiger partial charge >= 0.3 is 6.03 Å². The molecule has 2 amide bonds. The molecule has 8 nitrogen and oxygen atoms in total. The van der Waals surface area contributed by atoms with Crippen LogP contribution in [0.25, 0.3) is 0 Å². The first-order valence-electron chi connectivity index (χ1n) is 9.49. The predicted octanol–water partition coefficient (Wildman–Crippen LogP) is 3.49. The number of amides is 2. The summed E-state index contributed by atoms with van der Waals surface area (Å²) in [6, 6.07) is 7.09. The van der Waals surface area contributed by atoms with E-state index in [1.54, 1.807) is 23.2 Å². The maximum Gasteiger partial charge on any atom is 0.321 e. The van der Waals surface area contributed by atoms with Crippen LogP contribution in [0.3, 0.4) is 0 Å². The van der Waals surface area contributed by atoms with Gasteiger partial charge < -0.3 is 29.2 Å². The number of hydrogen-bond acceptors (Lipinski definition) is 6. The van der Waals surface area contributed by atoms with E-state index in [1.807, 2.05) is 19.1 Å². The number of benzene rings is 1. The highest BCUT2D eigenvalue weighted by Gasteiger charge is 2.24. The lowest BCUT2D eigenvalue weighted by molar-refractivity contribution is 0.115. The van der Waals surface area contributed by atoms with Crippen LogP contribution in [-0.4, -0.2) is 56.4 Å². The Labute approximate surface area is 170 Å². The molecule has 0 radical (unpaired) electrons. The van der Waals surface area contributed by atoms with E-state index in [0.29, 0.717) is 36.0 Å². The van der Waals surface area contributed by atoms with Crippen LogP contribution >= 0.6 is 0 Å². The molecule has 0 aliphatic carbocycles. The van der Waals surface area contributed by atoms with Gasteiger partial charge in [0.1, 0.15) is 11.9 Å². The summed E-state index contributed by atoms with van der Waals surface area (Å²) in [6.45, 7) is 3.16. The molecule has 156 valence electrons. The van der Waals surface area contributed by atoms with Gasteiger partial charge in [-0.15, -0.1) is 0 Å². The van der Waals surface area contributed by atoms with Crippen LogP contribution in [-0.2, 0) is 0 Å². The maximum atomic E-state index is 12.7. The number of methoxy groups -OCH3 is 3. The van der Waals surface area contributed by atoms with Crippen LogP contribution in [0.5, 0.6) is 23.0 Å². The predicted molar refractivity (Wildman–Crippen MR) is 109 cm³/mol. The smallest absolute Gasteiger partial charge is 0.321 e. The van der Waals surface area contributed by atoms with Crippen LogP contribution in [0.2, 0.25) is 0 Å². The molecule has 1 saturated heterocycles. The van der Waals surface area contributed by atoms with E-state index in [-0.39, 0.29) is 12.1 Å². The van der Waals surface area contributed by atoms with Gasteiger partial charge in [-0.2, -0.15) is 0 Å². The van der Waals surface area contributed by atoms with Crippen molar-refractivity contribution in [2.45, 2.75) is 25.9 Å². The highest BCUT2D eigenvalue weighted by molar-refractivity contribution is 5.90. The summed E-state index contributed by atoms with van der Waals surface area (Å²) in [5.74, 6) is 2.22. The zero-order valence-electron chi connectivity index (χ0n) is 17.2. The molecule has 2 aromatic rings. The fraction of sp³-hybridized carbons (Fsp3) is 0.429. The maximum absolute atomic E-state index is 12.7. The zero-order chi connectivity index (χ0) is 20.8. The standard InChI is InChI=1S/C21H27N3O5/c1-14-5-6-17(13-22-14)29-16-7-9-24(10-8-16)21(25)23-15-11-18(26-2)20(28-4)19(12-15)27-3/h5-6,11-13,16H,7-10H2,1-4H3,(H,23,25). The Hall–Kier alpha value is -3.16. The summed E-state index contributed by atoms with van der Waals surface area (Å²) in [5, 5.41) is 2.90. The second-order valence-corrected chi connectivity index (χ2v) is 6.78. The number of aromatic nitrogens is 1. The third-order valence-electron chi connectivity index (χ3n) is 4.83. The van der Waals surface area contributed by atoms with E-state index in [0.717, 1.165) is 24.3 Å². The number of carbonyl (C=O) groups is 1. The number of piperidine rings is 1. The van der Waals surface area contributed by atoms with Crippen molar-refractivity contribution < 1.29 is 23.7 Å². The highest BCUT2D eigenvalue weighted by Crippen LogP contribution is 2.40. The molecule has 29 heavy (non-hydrogen) atoms. The molecule has 1 aromatic heterocycles. The second kappa shape index (κ2) is 9.36. The number of aryl methyl sites for hydroxylation is 1. The van der Waals surface area contributed by atoms with Crippen molar-refractivity contribution in [3.63, 3.8) is 0 Å². The van der Waals surface area contributed by atoms with E-state index < -0.39 is 0 Å². The Bertz CT molecular complexity index is 808. The van der Waals surface area contributed by atoms with Crippen LogP contribution in [0.1, 0.15) is 18.5 Å². The van der Waals surface area contributed by atoms with Gasteiger partial charge in [0.15, 0.2) is 11.5 Å². The first kappa shape index (κ1) is 20.6. The molecular formula is C21H27N3O5. The van der Waals surface area contributed by atoms with Gasteiger partial charge in [0.05, 0.1) is 33.2 Å². The third kappa shape index (κ3) is 5.01. The normalized spacial score (nSPS) is 14.3. The molecular weight excluding hydrogens is 374 g/mol. The summed E-state index contributed by atoms with van der Waals surface area (Å²) in [5.41, 5.74) is 1.53. The minimum Gasteiger partial charge on any atom is -0.493 e. The van der Waals surface area contributed by atoms with E-state index in [4.69, 9.17) is 18.9 Å². The topological polar surface area (TPSA) is 82.2 Å². The number of rotatable bonds is 6. The average Bonchev–Trinajstić information content (AvgIpc) is 2.75. The monoisotopic (exact) mass is 401 g/mol. The van der Waals surface area contributed by atoms with Gasteiger partial charge in [0.2, 0.25) is 5.75 Å². The number of pyridine rings is 1. The van der Waals surface area contributed by atoms with Crippen LogP contribution in [0.15, 0.2) is 30.5 Å². The molecule has 0 atom stereocenters. The molecule has 0 spiro atoms. The van der Waals surface area contributed by atoms with Crippen LogP contribution in [0, 0.1) is 6.92 Å². The molecule has 0 bridgehead atoms. The summed E-state index contributed by atoms with van der Waals surface area (Å²) in [4.78, 5) is 18.7. The van der Waals surface area contributed by atoms with Crippen molar-refractivity contribution in [1.29, 1.82) is 0 Å². The van der Waals surface area contributed by atoms with Crippen molar-refractivity contribution in [3.8, 4) is 23.0 Å². The van der Waals surface area contributed by atoms with E-state index >= 15 is 0 Å². The molecule has 1 aromatic carbocycles. The molecule has 1 N–H and O–H groups in total. The number of likely N-dealkylation sites (tertiary alicyclic amines) is 1. The molecule has 3 rings (SSSR count). The van der Waals surface area contributed by atoms with Gasteiger partial charge in [0.25, 0.3) is 0 Å². The molecule has 8 heteroatoms. The number of ether oxygens (including phenoxy) is 4. The lowest BCUT2D eigenvalue weighted by Crippen LogP contribution is -2.43. The number of anilines is 1. The SMILES string of the molecule is COc1cc(NC(=O)N2CCC(Oc3ccc(C)nc3)CC2)cc(OC)c1OC. The Morgan fingerprint density at radius 1 is 1.07 bits per heavy atom. The second-order valence-electron chi connectivity index (χ2n) is 6.78. The Kier molecular flexibility index (Phi) is 6.64. The lowest BCUT2D eigenvalue weighted by Gasteiger charge is -2.32. The lowest BCUT2D eigenvalue weighted by atomic mass is 10.1. The van der Waals surface area contributed by atoms with Crippen molar-refractivity contribution in [2.24, 2.45) is 0 Å². The molecule has 1 aliphatic rings. The van der Waals surface area contributed by atoms with Gasteiger partial charge in [0, 0.05) is 43.8 Å². The zero-order valence-corrected chi connectivity index (χ0v) is 17.2. The summed E-state index contributed by atoms with van der Waals surface area (Å²) in [7, 11) is 4.62. The van der Waals surface area contributed by atoms with Gasteiger partial charge in [-0.3, -0.25) is 4.98 Å². The number of carbonyl (C=O) groups excluding carboxylic acids is 1. The van der Waals surface area contributed by atoms with E-state index in [1.165, 1.54) is 21.3 Å². The molecule has 2 heterocycles. The number of urea groups is 1. The fourth-order valence-electron chi connectivity index (χ4n) is 3.25. The average molecular weight is 401 g/mol. The Balaban J connectivity index is 1.57. The Morgan fingerprint density at radius 3 is 2.24 bits per heavy atom. The largest absolute Gasteiger partial charge is 0.493 e. The summed E-state index contributed by atoms with van der Waals surface area (Å²) >= 11 is 0. The minimum atomic E-state index is -0.172. The Morgan fingerprint density at radius 2 is 1.72 bits per heavy atom. The van der Waals surface area contributed by atoms with Crippen molar-refractivity contribution in [3.05, 3.63) is 36.2 Å². The fourth-order valence-corrected chi connectivity index (χ4v) is 3.25. The van der Waals surface area contributed by atoms with E-state index in [2.05, 4.69) is 10.3 Å². The third-order valence-corrected chi connectivity index (χ3v) is 4.83. The van der Waals surface area contributed by atoms with Crippen LogP contribution in [0.4, 0.5) is 10.5 Å². The van der Waals surface area contributed by atoms with Gasteiger partial charge in [-0.1, -0.05) is 0 Å². The van der Waals surface area contributed by atoms with Crippen molar-refractivity contribution >= 4 is 11.7 Å². The number of nitrogens with zero attached hydrogens (tertiary/aromatic N) is 2. The summed E-state index contributed by atoms with van der Waals surface area (Å²) < 4.78 is 22.0. The van der Waals surface area contributed by atoms with Gasteiger partial charge in [-0.05, 0) is 19.1 Å². The summed E-state index contributed by atoms with van der Waals surface area (Å²) in [6.07, 6.45) is 3.33. The first-order valence-corrected chi connectivity index (χ1v) is 9.49.